The van der Waals surface area contributed by atoms with Crippen LogP contribution in [-0.4, -0.2) is 34.9 Å². The molecule has 3 N–H and O–H groups in total. The van der Waals surface area contributed by atoms with E-state index in [1.165, 1.54) is 12.1 Å². The van der Waals surface area contributed by atoms with E-state index in [1.807, 2.05) is 6.92 Å². The maximum absolute atomic E-state index is 11.1. The highest BCUT2D eigenvalue weighted by Gasteiger charge is 2.20. The van der Waals surface area contributed by atoms with Gasteiger partial charge in [0.2, 0.25) is 5.91 Å². The smallest absolute Gasteiger partial charge is 0.276 e. The Labute approximate surface area is 116 Å². The Morgan fingerprint density at radius 1 is 1.45 bits per heavy atom. The van der Waals surface area contributed by atoms with Gasteiger partial charge in [-0.1, -0.05) is 0 Å². The van der Waals surface area contributed by atoms with Crippen molar-refractivity contribution in [2.24, 2.45) is 0 Å². The molecule has 2 rings (SSSR count). The van der Waals surface area contributed by atoms with Crippen LogP contribution >= 0.6 is 0 Å². The zero-order valence-corrected chi connectivity index (χ0v) is 11.2. The second-order valence-electron chi connectivity index (χ2n) is 4.57. The summed E-state index contributed by atoms with van der Waals surface area (Å²) in [7, 11) is 0. The van der Waals surface area contributed by atoms with E-state index >= 15 is 0 Å². The summed E-state index contributed by atoms with van der Waals surface area (Å²) >= 11 is 0. The van der Waals surface area contributed by atoms with Crippen molar-refractivity contribution in [3.8, 4) is 0 Å². The van der Waals surface area contributed by atoms with Gasteiger partial charge in [0.25, 0.3) is 5.69 Å². The minimum atomic E-state index is -0.453. The molecular formula is C12H17N5O3. The Hall–Kier alpha value is -2.38. The summed E-state index contributed by atoms with van der Waals surface area (Å²) in [4.78, 5) is 25.8. The van der Waals surface area contributed by atoms with Gasteiger partial charge < -0.3 is 16.0 Å². The van der Waals surface area contributed by atoms with E-state index in [0.29, 0.717) is 31.1 Å². The number of carbonyl (C=O) groups is 1. The number of aromatic nitrogens is 1. The number of anilines is 2. The van der Waals surface area contributed by atoms with Crippen molar-refractivity contribution in [1.82, 2.24) is 10.3 Å². The average Bonchev–Trinajstić information content (AvgIpc) is 2.82. The fraction of sp³-hybridized carbons (Fsp3) is 0.500. The van der Waals surface area contributed by atoms with Gasteiger partial charge in [-0.3, -0.25) is 14.9 Å². The van der Waals surface area contributed by atoms with Crippen molar-refractivity contribution >= 4 is 23.2 Å². The molecule has 1 aliphatic heterocycles. The average molecular weight is 279 g/mol. The largest absolute Gasteiger partial charge is 0.370 e. The molecule has 1 amide bonds. The lowest BCUT2D eigenvalue weighted by Crippen LogP contribution is -2.32. The minimum Gasteiger partial charge on any atom is -0.370 e. The molecule has 1 fully saturated rings. The van der Waals surface area contributed by atoms with E-state index in [4.69, 9.17) is 0 Å². The Balaban J connectivity index is 2.05. The van der Waals surface area contributed by atoms with Crippen molar-refractivity contribution in [2.45, 2.75) is 25.8 Å². The molecule has 20 heavy (non-hydrogen) atoms. The third-order valence-electron chi connectivity index (χ3n) is 2.99. The van der Waals surface area contributed by atoms with Crippen LogP contribution in [-0.2, 0) is 4.79 Å². The van der Waals surface area contributed by atoms with Gasteiger partial charge in [-0.15, -0.1) is 0 Å². The lowest BCUT2D eigenvalue weighted by Gasteiger charge is -2.12. The molecular weight excluding hydrogens is 262 g/mol. The number of pyridine rings is 1. The van der Waals surface area contributed by atoms with E-state index in [1.54, 1.807) is 0 Å². The van der Waals surface area contributed by atoms with Gasteiger partial charge in [0.1, 0.15) is 11.6 Å². The van der Waals surface area contributed by atoms with Crippen molar-refractivity contribution in [3.05, 3.63) is 22.2 Å². The molecule has 1 aliphatic rings. The van der Waals surface area contributed by atoms with Crippen LogP contribution in [0.15, 0.2) is 12.1 Å². The summed E-state index contributed by atoms with van der Waals surface area (Å²) in [5, 5.41) is 19.7. The van der Waals surface area contributed by atoms with Crippen molar-refractivity contribution in [3.63, 3.8) is 0 Å². The highest BCUT2D eigenvalue weighted by molar-refractivity contribution is 5.78. The summed E-state index contributed by atoms with van der Waals surface area (Å²) in [6.45, 7) is 3.03. The Morgan fingerprint density at radius 2 is 2.15 bits per heavy atom. The van der Waals surface area contributed by atoms with E-state index in [2.05, 4.69) is 20.9 Å². The lowest BCUT2D eigenvalue weighted by atomic mass is 10.2. The van der Waals surface area contributed by atoms with Crippen molar-refractivity contribution in [2.75, 3.05) is 23.7 Å². The predicted molar refractivity (Wildman–Crippen MR) is 74.7 cm³/mol. The number of hydrogen-bond donors (Lipinski definition) is 3. The van der Waals surface area contributed by atoms with E-state index in [0.717, 1.165) is 6.42 Å². The predicted octanol–water partition coefficient (Wildman–Crippen LogP) is 1.11. The second-order valence-corrected chi connectivity index (χ2v) is 4.57. The molecule has 2 heterocycles. The summed E-state index contributed by atoms with van der Waals surface area (Å²) < 4.78 is 0. The molecule has 1 saturated heterocycles. The van der Waals surface area contributed by atoms with Crippen LogP contribution < -0.4 is 16.0 Å². The zero-order chi connectivity index (χ0) is 14.5. The summed E-state index contributed by atoms with van der Waals surface area (Å²) in [6, 6.07) is 2.83. The van der Waals surface area contributed by atoms with Crippen molar-refractivity contribution < 1.29 is 9.72 Å². The number of carbonyl (C=O) groups excluding carboxylic acids is 1. The quantitative estimate of drug-likeness (QED) is 0.531. The molecule has 8 heteroatoms. The monoisotopic (exact) mass is 279 g/mol. The molecule has 1 atom stereocenters. The Kier molecular flexibility index (Phi) is 4.34. The highest BCUT2D eigenvalue weighted by atomic mass is 16.6. The first-order chi connectivity index (χ1) is 9.58. The zero-order valence-electron chi connectivity index (χ0n) is 11.2. The third kappa shape index (κ3) is 3.56. The molecule has 1 aromatic heterocycles. The van der Waals surface area contributed by atoms with E-state index < -0.39 is 4.92 Å². The van der Waals surface area contributed by atoms with E-state index in [-0.39, 0.29) is 17.6 Å². The fourth-order valence-corrected chi connectivity index (χ4v) is 2.04. The number of nitrogens with one attached hydrogen (secondary N) is 3. The molecule has 1 aromatic rings. The van der Waals surface area contributed by atoms with Crippen LogP contribution in [0.25, 0.3) is 0 Å². The number of amides is 1. The highest BCUT2D eigenvalue weighted by Crippen LogP contribution is 2.20. The molecule has 0 bridgehead atoms. The summed E-state index contributed by atoms with van der Waals surface area (Å²) in [5.74, 6) is 0.924. The number of nitro groups is 1. The first-order valence-electron chi connectivity index (χ1n) is 6.52. The third-order valence-corrected chi connectivity index (χ3v) is 2.99. The standard InChI is InChI=1S/C12H17N5O3/c1-2-13-10-5-9(17(19)20)6-11(16-10)14-7-8-3-4-12(18)15-8/h5-6,8H,2-4,7H2,1H3,(H,15,18)(H2,13,14,16). The van der Waals surface area contributed by atoms with Gasteiger partial charge in [0.15, 0.2) is 0 Å². The summed E-state index contributed by atoms with van der Waals surface area (Å²) in [5.41, 5.74) is -0.0195. The molecule has 0 aromatic carbocycles. The number of nitrogens with zero attached hydrogens (tertiary/aromatic N) is 2. The minimum absolute atomic E-state index is 0.0195. The van der Waals surface area contributed by atoms with Gasteiger partial charge >= 0.3 is 0 Å². The number of hydrogen-bond acceptors (Lipinski definition) is 6. The molecule has 0 radical (unpaired) electrons. The molecule has 1 unspecified atom stereocenters. The molecule has 0 aliphatic carbocycles. The lowest BCUT2D eigenvalue weighted by molar-refractivity contribution is -0.384. The van der Waals surface area contributed by atoms with Crippen LogP contribution in [0.3, 0.4) is 0 Å². The Morgan fingerprint density at radius 3 is 2.70 bits per heavy atom. The first kappa shape index (κ1) is 14.0. The molecule has 0 spiro atoms. The molecule has 0 saturated carbocycles. The van der Waals surface area contributed by atoms with Crippen LogP contribution in [0.2, 0.25) is 0 Å². The molecule has 8 nitrogen and oxygen atoms in total. The van der Waals surface area contributed by atoms with E-state index in [9.17, 15) is 14.9 Å². The van der Waals surface area contributed by atoms with Crippen LogP contribution in [0.5, 0.6) is 0 Å². The van der Waals surface area contributed by atoms with Crippen LogP contribution in [0.1, 0.15) is 19.8 Å². The van der Waals surface area contributed by atoms with Gasteiger partial charge in [-0.2, -0.15) is 0 Å². The topological polar surface area (TPSA) is 109 Å². The maximum Gasteiger partial charge on any atom is 0.276 e. The second kappa shape index (κ2) is 6.18. The normalized spacial score (nSPS) is 17.6. The van der Waals surface area contributed by atoms with Crippen molar-refractivity contribution in [1.29, 1.82) is 0 Å². The summed E-state index contributed by atoms with van der Waals surface area (Å²) in [6.07, 6.45) is 1.29. The van der Waals surface area contributed by atoms with Crippen LogP contribution in [0, 0.1) is 10.1 Å². The van der Waals surface area contributed by atoms with Crippen LogP contribution in [0.4, 0.5) is 17.3 Å². The SMILES string of the molecule is CCNc1cc([N+](=O)[O-])cc(NCC2CCC(=O)N2)n1. The van der Waals surface area contributed by atoms with Gasteiger partial charge in [-0.05, 0) is 13.3 Å². The fourth-order valence-electron chi connectivity index (χ4n) is 2.04. The van der Waals surface area contributed by atoms with Gasteiger partial charge in [0, 0.05) is 25.6 Å². The number of rotatable bonds is 6. The first-order valence-corrected chi connectivity index (χ1v) is 6.52. The van der Waals surface area contributed by atoms with Gasteiger partial charge in [0.05, 0.1) is 17.1 Å². The molecule has 108 valence electrons. The van der Waals surface area contributed by atoms with Gasteiger partial charge in [-0.25, -0.2) is 4.98 Å². The Bertz CT molecular complexity index is 520. The maximum atomic E-state index is 11.1.